The van der Waals surface area contributed by atoms with Crippen molar-refractivity contribution in [2.45, 2.75) is 45.9 Å². The number of hydroxylamine groups is 2. The number of nitrogens with one attached hydrogen (secondary N) is 1. The van der Waals surface area contributed by atoms with Gasteiger partial charge in [-0.2, -0.15) is 0 Å². The molecule has 0 amide bonds. The number of aromatic amines is 1. The molecule has 1 N–H and O–H groups in total. The lowest BCUT2D eigenvalue weighted by atomic mass is 10.0. The van der Waals surface area contributed by atoms with E-state index in [0.717, 1.165) is 48.8 Å². The van der Waals surface area contributed by atoms with E-state index in [1.165, 1.54) is 5.56 Å². The molecule has 3 aromatic rings. The predicted molar refractivity (Wildman–Crippen MR) is 125 cm³/mol. The van der Waals surface area contributed by atoms with E-state index in [0.29, 0.717) is 12.4 Å². The maximum absolute atomic E-state index is 12.0. The maximum Gasteiger partial charge on any atom is 0.248 e. The molecule has 0 unspecified atom stereocenters. The number of pyridine rings is 1. The smallest absolute Gasteiger partial charge is 0.248 e. The van der Waals surface area contributed by atoms with Gasteiger partial charge in [-0.05, 0) is 49.2 Å². The van der Waals surface area contributed by atoms with E-state index in [9.17, 15) is 4.79 Å². The number of H-pyrrole nitrogens is 1. The van der Waals surface area contributed by atoms with Crippen molar-refractivity contribution in [3.63, 3.8) is 0 Å². The first-order valence-corrected chi connectivity index (χ1v) is 13.6. The molecule has 0 aliphatic carbocycles. The normalized spacial score (nSPS) is 11.5. The van der Waals surface area contributed by atoms with Crippen LogP contribution < -0.4 is 10.3 Å². The highest BCUT2D eigenvalue weighted by Gasteiger charge is 2.12. The molecule has 160 valence electrons. The van der Waals surface area contributed by atoms with Gasteiger partial charge in [-0.1, -0.05) is 49.7 Å². The van der Waals surface area contributed by atoms with Crippen molar-refractivity contribution in [1.82, 2.24) is 10.0 Å². The molecule has 0 atom stereocenters. The van der Waals surface area contributed by atoms with Crippen molar-refractivity contribution < 1.29 is 9.26 Å². The quantitative estimate of drug-likeness (QED) is 0.359. The molecule has 0 saturated heterocycles. The minimum atomic E-state index is -1.14. The molecule has 30 heavy (non-hydrogen) atoms. The second-order valence-corrected chi connectivity index (χ2v) is 10.1. The molecule has 1 heterocycles. The van der Waals surface area contributed by atoms with E-state index < -0.39 is 9.04 Å². The summed E-state index contributed by atoms with van der Waals surface area (Å²) in [6.45, 7) is 8.83. The second kappa shape index (κ2) is 11.1. The topological polar surface area (TPSA) is 54.6 Å². The third-order valence-corrected chi connectivity index (χ3v) is 5.66. The Hall–Kier alpha value is -2.41. The standard InChI is InChI=1S/C24H32N2O3Si/c1-4-5-16-26(29-30(2)3)17-15-20-11-13-22(24-21(20)12-14-23(27)25-24)28-18-19-9-7-6-8-10-19/h6-14,30H,4-5,15-18H2,1-3H3,(H,25,27). The molecular formula is C24H32N2O3Si. The minimum absolute atomic E-state index is 0.122. The van der Waals surface area contributed by atoms with Gasteiger partial charge in [-0.15, -0.1) is 0 Å². The summed E-state index contributed by atoms with van der Waals surface area (Å²) < 4.78 is 12.2. The van der Waals surface area contributed by atoms with Crippen LogP contribution in [0.5, 0.6) is 5.75 Å². The number of hydrogen-bond donors (Lipinski definition) is 1. The third kappa shape index (κ3) is 6.29. The molecule has 0 saturated carbocycles. The Kier molecular flexibility index (Phi) is 8.25. The molecule has 0 aliphatic rings. The monoisotopic (exact) mass is 424 g/mol. The maximum atomic E-state index is 12.0. The SMILES string of the molecule is CCCCN(CCc1ccc(OCc2ccccc2)c2[nH]c(=O)ccc12)O[SiH](C)C. The predicted octanol–water partition coefficient (Wildman–Crippen LogP) is 4.67. The molecular weight excluding hydrogens is 392 g/mol. The molecule has 0 radical (unpaired) electrons. The Morgan fingerprint density at radius 3 is 2.53 bits per heavy atom. The van der Waals surface area contributed by atoms with Crippen LogP contribution >= 0.6 is 0 Å². The van der Waals surface area contributed by atoms with Crippen molar-refractivity contribution in [1.29, 1.82) is 0 Å². The highest BCUT2D eigenvalue weighted by Crippen LogP contribution is 2.27. The van der Waals surface area contributed by atoms with E-state index in [4.69, 9.17) is 9.26 Å². The molecule has 0 bridgehead atoms. The Balaban J connectivity index is 1.79. The summed E-state index contributed by atoms with van der Waals surface area (Å²) in [6.07, 6.45) is 3.13. The number of fused-ring (bicyclic) bond motifs is 1. The molecule has 5 nitrogen and oxygen atoms in total. The number of rotatable bonds is 11. The van der Waals surface area contributed by atoms with Crippen molar-refractivity contribution in [2.75, 3.05) is 13.1 Å². The number of nitrogens with zero attached hydrogens (tertiary/aromatic N) is 1. The van der Waals surface area contributed by atoms with Crippen LogP contribution in [0.15, 0.2) is 59.4 Å². The van der Waals surface area contributed by atoms with Crippen molar-refractivity contribution in [2.24, 2.45) is 0 Å². The summed E-state index contributed by atoms with van der Waals surface area (Å²) in [5.74, 6) is 0.698. The van der Waals surface area contributed by atoms with E-state index in [2.05, 4.69) is 36.1 Å². The number of aromatic nitrogens is 1. The van der Waals surface area contributed by atoms with Crippen molar-refractivity contribution in [3.05, 3.63) is 76.1 Å². The Bertz CT molecular complexity index is 989. The average molecular weight is 425 g/mol. The Labute approximate surface area is 180 Å². The van der Waals surface area contributed by atoms with Gasteiger partial charge in [0, 0.05) is 24.5 Å². The lowest BCUT2D eigenvalue weighted by Crippen LogP contribution is -2.32. The van der Waals surface area contributed by atoms with Crippen LogP contribution in [0.3, 0.4) is 0 Å². The minimum Gasteiger partial charge on any atom is -0.487 e. The molecule has 1 aromatic heterocycles. The highest BCUT2D eigenvalue weighted by atomic mass is 28.3. The summed E-state index contributed by atoms with van der Waals surface area (Å²) in [4.78, 5) is 15.0. The summed E-state index contributed by atoms with van der Waals surface area (Å²) in [7, 11) is -1.14. The van der Waals surface area contributed by atoms with Gasteiger partial charge in [0.2, 0.25) is 5.56 Å². The van der Waals surface area contributed by atoms with Crippen molar-refractivity contribution >= 4 is 19.9 Å². The zero-order valence-corrected chi connectivity index (χ0v) is 19.3. The average Bonchev–Trinajstić information content (AvgIpc) is 2.74. The summed E-state index contributed by atoms with van der Waals surface area (Å²) in [5.41, 5.74) is 2.91. The molecule has 3 rings (SSSR count). The fourth-order valence-corrected chi connectivity index (χ4v) is 4.26. The fraction of sp³-hybridized carbons (Fsp3) is 0.375. The van der Waals surface area contributed by atoms with Gasteiger partial charge in [0.15, 0.2) is 9.04 Å². The van der Waals surface area contributed by atoms with E-state index in [-0.39, 0.29) is 5.56 Å². The number of ether oxygens (including phenoxy) is 1. The van der Waals surface area contributed by atoms with E-state index in [1.54, 1.807) is 6.07 Å². The number of hydrogen-bond acceptors (Lipinski definition) is 4. The van der Waals surface area contributed by atoms with Gasteiger partial charge in [-0.3, -0.25) is 4.79 Å². The summed E-state index contributed by atoms with van der Waals surface area (Å²) in [5, 5.41) is 3.15. The summed E-state index contributed by atoms with van der Waals surface area (Å²) >= 11 is 0. The fourth-order valence-electron chi connectivity index (χ4n) is 3.45. The molecule has 2 aromatic carbocycles. The molecule has 6 heteroatoms. The van der Waals surface area contributed by atoms with Crippen LogP contribution in [-0.2, 0) is 17.6 Å². The lowest BCUT2D eigenvalue weighted by molar-refractivity contribution is -0.0613. The molecule has 0 aliphatic heterocycles. The second-order valence-electron chi connectivity index (χ2n) is 7.80. The van der Waals surface area contributed by atoms with Crippen LogP contribution in [0.4, 0.5) is 0 Å². The van der Waals surface area contributed by atoms with Crippen LogP contribution in [-0.4, -0.2) is 32.2 Å². The van der Waals surface area contributed by atoms with E-state index >= 15 is 0 Å². The van der Waals surface area contributed by atoms with Gasteiger partial charge < -0.3 is 14.2 Å². The summed E-state index contributed by atoms with van der Waals surface area (Å²) in [6, 6.07) is 17.6. The first kappa shape index (κ1) is 22.3. The Morgan fingerprint density at radius 1 is 1.00 bits per heavy atom. The van der Waals surface area contributed by atoms with Crippen LogP contribution in [0.25, 0.3) is 10.9 Å². The van der Waals surface area contributed by atoms with E-state index in [1.807, 2.05) is 42.5 Å². The highest BCUT2D eigenvalue weighted by molar-refractivity contribution is 6.48. The molecule has 0 spiro atoms. The van der Waals surface area contributed by atoms with Gasteiger partial charge in [-0.25, -0.2) is 5.06 Å². The molecule has 0 fully saturated rings. The first-order valence-electron chi connectivity index (χ1n) is 10.8. The number of unbranched alkanes of at least 4 members (excludes halogenated alkanes) is 1. The van der Waals surface area contributed by atoms with Crippen LogP contribution in [0, 0.1) is 0 Å². The van der Waals surface area contributed by atoms with Crippen molar-refractivity contribution in [3.8, 4) is 5.75 Å². The third-order valence-electron chi connectivity index (χ3n) is 4.94. The van der Waals surface area contributed by atoms with Gasteiger partial charge in [0.25, 0.3) is 0 Å². The van der Waals surface area contributed by atoms with Gasteiger partial charge >= 0.3 is 0 Å². The van der Waals surface area contributed by atoms with Crippen LogP contribution in [0.1, 0.15) is 30.9 Å². The van der Waals surface area contributed by atoms with Gasteiger partial charge in [0.05, 0.1) is 5.52 Å². The zero-order chi connectivity index (χ0) is 21.3. The van der Waals surface area contributed by atoms with Crippen LogP contribution in [0.2, 0.25) is 13.1 Å². The number of benzene rings is 2. The largest absolute Gasteiger partial charge is 0.487 e. The Morgan fingerprint density at radius 2 is 1.80 bits per heavy atom. The lowest BCUT2D eigenvalue weighted by Gasteiger charge is -2.24. The zero-order valence-electron chi connectivity index (χ0n) is 18.2. The first-order chi connectivity index (χ1) is 14.6. The van der Waals surface area contributed by atoms with Gasteiger partial charge in [0.1, 0.15) is 12.4 Å².